The van der Waals surface area contributed by atoms with Gasteiger partial charge in [0, 0.05) is 0 Å². The molecule has 0 saturated carbocycles. The lowest BCUT2D eigenvalue weighted by atomic mass is 9.97. The summed E-state index contributed by atoms with van der Waals surface area (Å²) in [4.78, 5) is 12.6. The van der Waals surface area contributed by atoms with E-state index in [1.54, 1.807) is 6.92 Å². The summed E-state index contributed by atoms with van der Waals surface area (Å²) in [7, 11) is 0. The Balaban J connectivity index is 2.05. The second-order valence-corrected chi connectivity index (χ2v) is 7.11. The molecule has 0 aliphatic rings. The number of amides is 1. The predicted octanol–water partition coefficient (Wildman–Crippen LogP) is 4.97. The minimum atomic E-state index is -0.541. The molecule has 1 amide bonds. The van der Waals surface area contributed by atoms with Crippen LogP contribution in [0, 0.1) is 19.8 Å². The average Bonchev–Trinajstić information content (AvgIpc) is 2.58. The van der Waals surface area contributed by atoms with Crippen molar-refractivity contribution in [2.24, 2.45) is 5.92 Å². The first-order valence-corrected chi connectivity index (χ1v) is 8.96. The molecule has 0 fully saturated rings. The molecule has 25 heavy (non-hydrogen) atoms. The fourth-order valence-corrected chi connectivity index (χ4v) is 2.77. The van der Waals surface area contributed by atoms with Crippen LogP contribution in [0.25, 0.3) is 0 Å². The zero-order valence-electron chi connectivity index (χ0n) is 15.9. The molecule has 134 valence electrons. The van der Waals surface area contributed by atoms with Gasteiger partial charge in [0.15, 0.2) is 6.10 Å². The minimum absolute atomic E-state index is 0.000459. The highest BCUT2D eigenvalue weighted by Gasteiger charge is 2.21. The van der Waals surface area contributed by atoms with E-state index in [1.807, 2.05) is 43.3 Å². The second-order valence-electron chi connectivity index (χ2n) is 7.11. The molecule has 2 rings (SSSR count). The molecular formula is C22H29NO2. The van der Waals surface area contributed by atoms with Crippen LogP contribution in [0.2, 0.25) is 0 Å². The first-order chi connectivity index (χ1) is 11.9. The molecule has 0 unspecified atom stereocenters. The van der Waals surface area contributed by atoms with Gasteiger partial charge in [0.05, 0.1) is 6.04 Å². The van der Waals surface area contributed by atoms with Gasteiger partial charge < -0.3 is 10.1 Å². The van der Waals surface area contributed by atoms with Crippen molar-refractivity contribution in [3.05, 3.63) is 65.2 Å². The summed E-state index contributed by atoms with van der Waals surface area (Å²) >= 11 is 0. The third kappa shape index (κ3) is 5.63. The van der Waals surface area contributed by atoms with Crippen molar-refractivity contribution < 1.29 is 9.53 Å². The molecule has 0 radical (unpaired) electrons. The molecule has 0 saturated heterocycles. The summed E-state index contributed by atoms with van der Waals surface area (Å²) in [6, 6.07) is 16.0. The van der Waals surface area contributed by atoms with E-state index in [0.717, 1.165) is 23.3 Å². The van der Waals surface area contributed by atoms with Crippen LogP contribution in [0.3, 0.4) is 0 Å². The van der Waals surface area contributed by atoms with Gasteiger partial charge in [0.25, 0.3) is 5.91 Å². The highest BCUT2D eigenvalue weighted by atomic mass is 16.5. The smallest absolute Gasteiger partial charge is 0.261 e. The maximum Gasteiger partial charge on any atom is 0.261 e. The molecule has 1 N–H and O–H groups in total. The predicted molar refractivity (Wildman–Crippen MR) is 103 cm³/mol. The number of carbonyl (C=O) groups is 1. The summed E-state index contributed by atoms with van der Waals surface area (Å²) in [6.07, 6.45) is 0.354. The molecule has 2 aromatic rings. The molecule has 3 heteroatoms. The van der Waals surface area contributed by atoms with Crippen molar-refractivity contribution in [2.45, 2.75) is 53.2 Å². The lowest BCUT2D eigenvalue weighted by Gasteiger charge is -2.23. The molecule has 0 aliphatic heterocycles. The van der Waals surface area contributed by atoms with Crippen LogP contribution in [-0.4, -0.2) is 12.0 Å². The van der Waals surface area contributed by atoms with E-state index in [9.17, 15) is 4.79 Å². The van der Waals surface area contributed by atoms with Crippen molar-refractivity contribution in [3.63, 3.8) is 0 Å². The number of rotatable bonds is 7. The molecular weight excluding hydrogens is 310 g/mol. The van der Waals surface area contributed by atoms with Crippen LogP contribution in [-0.2, 0) is 4.79 Å². The Morgan fingerprint density at radius 2 is 1.68 bits per heavy atom. The van der Waals surface area contributed by atoms with Crippen LogP contribution in [0.4, 0.5) is 0 Å². The van der Waals surface area contributed by atoms with E-state index in [-0.39, 0.29) is 11.9 Å². The van der Waals surface area contributed by atoms with Gasteiger partial charge in [-0.2, -0.15) is 0 Å². The van der Waals surface area contributed by atoms with Gasteiger partial charge in [0.1, 0.15) is 5.75 Å². The standard InChI is InChI=1S/C22H29NO2/c1-15(2)13-21(19-9-7-6-8-10-19)23-22(24)18(5)25-20-12-11-16(3)17(4)14-20/h6-12,14-15,18,21H,13H2,1-5H3,(H,23,24)/t18-,21-/m1/s1. The van der Waals surface area contributed by atoms with Crippen molar-refractivity contribution in [1.82, 2.24) is 5.32 Å². The SMILES string of the molecule is Cc1ccc(O[C@H](C)C(=O)N[C@H](CC(C)C)c2ccccc2)cc1C. The summed E-state index contributed by atoms with van der Waals surface area (Å²) in [6.45, 7) is 10.2. The van der Waals surface area contributed by atoms with Crippen molar-refractivity contribution in [3.8, 4) is 5.75 Å². The van der Waals surface area contributed by atoms with Gasteiger partial charge in [-0.3, -0.25) is 4.79 Å². The van der Waals surface area contributed by atoms with Crippen LogP contribution < -0.4 is 10.1 Å². The second kappa shape index (κ2) is 8.70. The highest BCUT2D eigenvalue weighted by molar-refractivity contribution is 5.81. The summed E-state index contributed by atoms with van der Waals surface area (Å²) in [5, 5.41) is 3.15. The molecule has 0 bridgehead atoms. The Kier molecular flexibility index (Phi) is 6.63. The average molecular weight is 339 g/mol. The first kappa shape index (κ1) is 19.0. The Morgan fingerprint density at radius 1 is 1.00 bits per heavy atom. The third-order valence-electron chi connectivity index (χ3n) is 4.39. The Labute approximate surface area is 151 Å². The number of aryl methyl sites for hydroxylation is 2. The normalized spacial score (nSPS) is 13.4. The lowest BCUT2D eigenvalue weighted by molar-refractivity contribution is -0.128. The summed E-state index contributed by atoms with van der Waals surface area (Å²) in [5.74, 6) is 1.13. The largest absolute Gasteiger partial charge is 0.481 e. The van der Waals surface area contributed by atoms with Crippen LogP contribution in [0.15, 0.2) is 48.5 Å². The summed E-state index contributed by atoms with van der Waals surface area (Å²) in [5.41, 5.74) is 3.50. The number of hydrogen-bond donors (Lipinski definition) is 1. The number of benzene rings is 2. The number of ether oxygens (including phenoxy) is 1. The monoisotopic (exact) mass is 339 g/mol. The Hall–Kier alpha value is -2.29. The molecule has 0 spiro atoms. The van der Waals surface area contributed by atoms with E-state index >= 15 is 0 Å². The highest BCUT2D eigenvalue weighted by Crippen LogP contribution is 2.22. The van der Waals surface area contributed by atoms with E-state index in [1.165, 1.54) is 5.56 Å². The fraction of sp³-hybridized carbons (Fsp3) is 0.409. The van der Waals surface area contributed by atoms with E-state index in [2.05, 4.69) is 38.2 Å². The van der Waals surface area contributed by atoms with Crippen molar-refractivity contribution in [1.29, 1.82) is 0 Å². The van der Waals surface area contributed by atoms with Gasteiger partial charge >= 0.3 is 0 Å². The molecule has 0 aliphatic carbocycles. The van der Waals surface area contributed by atoms with E-state index < -0.39 is 6.10 Å². The topological polar surface area (TPSA) is 38.3 Å². The van der Waals surface area contributed by atoms with Crippen LogP contribution in [0.1, 0.15) is 49.9 Å². The fourth-order valence-electron chi connectivity index (χ4n) is 2.77. The number of carbonyl (C=O) groups excluding carboxylic acids is 1. The molecule has 2 atom stereocenters. The summed E-state index contributed by atoms with van der Waals surface area (Å²) < 4.78 is 5.84. The van der Waals surface area contributed by atoms with Gasteiger partial charge in [-0.15, -0.1) is 0 Å². The maximum atomic E-state index is 12.6. The van der Waals surface area contributed by atoms with Gasteiger partial charge in [0.2, 0.25) is 0 Å². The van der Waals surface area contributed by atoms with Gasteiger partial charge in [-0.25, -0.2) is 0 Å². The lowest BCUT2D eigenvalue weighted by Crippen LogP contribution is -2.39. The molecule has 3 nitrogen and oxygen atoms in total. The van der Waals surface area contributed by atoms with Crippen molar-refractivity contribution in [2.75, 3.05) is 0 Å². The molecule has 0 heterocycles. The van der Waals surface area contributed by atoms with Crippen LogP contribution >= 0.6 is 0 Å². The molecule has 0 aromatic heterocycles. The minimum Gasteiger partial charge on any atom is -0.481 e. The zero-order valence-corrected chi connectivity index (χ0v) is 15.9. The molecule has 2 aromatic carbocycles. The van der Waals surface area contributed by atoms with E-state index in [4.69, 9.17) is 4.74 Å². The quantitative estimate of drug-likeness (QED) is 0.773. The van der Waals surface area contributed by atoms with Gasteiger partial charge in [-0.05, 0) is 61.9 Å². The van der Waals surface area contributed by atoms with E-state index in [0.29, 0.717) is 5.92 Å². The number of hydrogen-bond acceptors (Lipinski definition) is 2. The number of nitrogens with one attached hydrogen (secondary N) is 1. The maximum absolute atomic E-state index is 12.6. The Morgan fingerprint density at radius 3 is 2.28 bits per heavy atom. The van der Waals surface area contributed by atoms with Gasteiger partial charge in [-0.1, -0.05) is 50.2 Å². The first-order valence-electron chi connectivity index (χ1n) is 8.96. The third-order valence-corrected chi connectivity index (χ3v) is 4.39. The zero-order chi connectivity index (χ0) is 18.4. The van der Waals surface area contributed by atoms with Crippen LogP contribution in [0.5, 0.6) is 5.75 Å². The van der Waals surface area contributed by atoms with Crippen molar-refractivity contribution >= 4 is 5.91 Å². The Bertz CT molecular complexity index is 694.